The van der Waals surface area contributed by atoms with Crippen LogP contribution in [0, 0.1) is 17.1 Å². The second-order valence-corrected chi connectivity index (χ2v) is 6.11. The molecule has 0 saturated heterocycles. The monoisotopic (exact) mass is 389 g/mol. The first-order valence-electron chi connectivity index (χ1n) is 7.93. The summed E-state index contributed by atoms with van der Waals surface area (Å²) in [5, 5.41) is 12.8. The molecule has 0 spiro atoms. The van der Waals surface area contributed by atoms with Crippen LogP contribution in [0.2, 0.25) is 5.02 Å². The molecule has 27 heavy (non-hydrogen) atoms. The Bertz CT molecular complexity index is 923. The summed E-state index contributed by atoms with van der Waals surface area (Å²) in [6.45, 7) is 3.73. The maximum absolute atomic E-state index is 13.8. The summed E-state index contributed by atoms with van der Waals surface area (Å²) in [5.41, 5.74) is 2.67. The molecule has 0 aliphatic rings. The molecule has 0 bridgehead atoms. The number of rotatable bonds is 6. The maximum atomic E-state index is 13.8. The number of methoxy groups -OCH3 is 1. The van der Waals surface area contributed by atoms with Gasteiger partial charge in [0, 0.05) is 0 Å². The number of hydrogen-bond acceptors (Lipinski definition) is 5. The Morgan fingerprint density at radius 2 is 2.11 bits per heavy atom. The molecule has 2 aromatic carbocycles. The molecule has 0 aliphatic heterocycles. The first-order valence-corrected chi connectivity index (χ1v) is 8.30. The lowest BCUT2D eigenvalue weighted by molar-refractivity contribution is 0.0951. The van der Waals surface area contributed by atoms with Crippen LogP contribution in [0.3, 0.4) is 0 Å². The molecule has 0 heterocycles. The Kier molecular flexibility index (Phi) is 6.74. The van der Waals surface area contributed by atoms with E-state index in [1.165, 1.54) is 25.5 Å². The van der Waals surface area contributed by atoms with Crippen molar-refractivity contribution >= 4 is 23.7 Å². The third kappa shape index (κ3) is 5.19. The molecular weight excluding hydrogens is 373 g/mol. The van der Waals surface area contributed by atoms with Gasteiger partial charge in [0.2, 0.25) is 0 Å². The van der Waals surface area contributed by atoms with Crippen LogP contribution < -0.4 is 14.9 Å². The minimum atomic E-state index is -0.804. The average molecular weight is 390 g/mol. The second kappa shape index (κ2) is 9.01. The van der Waals surface area contributed by atoms with E-state index in [0.29, 0.717) is 22.1 Å². The molecule has 0 atom stereocenters. The summed E-state index contributed by atoms with van der Waals surface area (Å²) in [6.07, 6.45) is 1.25. The maximum Gasteiger partial charge on any atom is 0.274 e. The summed E-state index contributed by atoms with van der Waals surface area (Å²) < 4.78 is 24.7. The summed E-state index contributed by atoms with van der Waals surface area (Å²) in [6, 6.07) is 8.58. The van der Waals surface area contributed by atoms with Crippen molar-refractivity contribution < 1.29 is 18.7 Å². The number of benzene rings is 2. The number of hydrogen-bond donors (Lipinski definition) is 1. The highest BCUT2D eigenvalue weighted by Crippen LogP contribution is 2.36. The normalized spacial score (nSPS) is 10.7. The Morgan fingerprint density at radius 3 is 2.70 bits per heavy atom. The molecule has 0 radical (unpaired) electrons. The zero-order valence-corrected chi connectivity index (χ0v) is 15.7. The van der Waals surface area contributed by atoms with Crippen molar-refractivity contribution in [1.82, 2.24) is 5.43 Å². The molecule has 1 N–H and O–H groups in total. The topological polar surface area (TPSA) is 83.7 Å². The minimum absolute atomic E-state index is 0.0856. The van der Waals surface area contributed by atoms with Crippen LogP contribution in [0.15, 0.2) is 35.4 Å². The van der Waals surface area contributed by atoms with Gasteiger partial charge < -0.3 is 9.47 Å². The number of ether oxygens (including phenoxy) is 2. The van der Waals surface area contributed by atoms with Crippen LogP contribution in [-0.4, -0.2) is 25.3 Å². The molecule has 6 nitrogen and oxygen atoms in total. The number of amides is 1. The van der Waals surface area contributed by atoms with Crippen molar-refractivity contribution in [2.45, 2.75) is 20.0 Å². The van der Waals surface area contributed by atoms with Gasteiger partial charge in [0.05, 0.1) is 41.6 Å². The molecule has 0 fully saturated rings. The largest absolute Gasteiger partial charge is 0.493 e. The van der Waals surface area contributed by atoms with E-state index in [0.717, 1.165) is 6.07 Å². The second-order valence-electron chi connectivity index (χ2n) is 5.71. The number of carbonyl (C=O) groups is 1. The van der Waals surface area contributed by atoms with E-state index in [-0.39, 0.29) is 17.2 Å². The van der Waals surface area contributed by atoms with Crippen LogP contribution in [0.1, 0.15) is 35.3 Å². The van der Waals surface area contributed by atoms with Gasteiger partial charge in [-0.3, -0.25) is 4.79 Å². The Hall–Kier alpha value is -3.11. The van der Waals surface area contributed by atoms with E-state index in [9.17, 15) is 9.18 Å². The van der Waals surface area contributed by atoms with Crippen molar-refractivity contribution in [2.75, 3.05) is 7.11 Å². The van der Waals surface area contributed by atoms with Crippen LogP contribution in [0.25, 0.3) is 0 Å². The number of nitrogens with one attached hydrogen (secondary N) is 1. The van der Waals surface area contributed by atoms with E-state index in [1.807, 2.05) is 13.8 Å². The first-order chi connectivity index (χ1) is 12.8. The number of carbonyl (C=O) groups excluding carboxylic acids is 1. The summed E-state index contributed by atoms with van der Waals surface area (Å²) >= 11 is 6.21. The minimum Gasteiger partial charge on any atom is -0.493 e. The van der Waals surface area contributed by atoms with E-state index in [4.69, 9.17) is 26.3 Å². The first kappa shape index (κ1) is 20.2. The van der Waals surface area contributed by atoms with Gasteiger partial charge in [-0.05, 0) is 49.7 Å². The van der Waals surface area contributed by atoms with Gasteiger partial charge in [0.15, 0.2) is 11.5 Å². The summed E-state index contributed by atoms with van der Waals surface area (Å²) in [5.74, 6) is -0.718. The lowest BCUT2D eigenvalue weighted by atomic mass is 10.1. The third-order valence-corrected chi connectivity index (χ3v) is 3.61. The Balaban J connectivity index is 2.15. The van der Waals surface area contributed by atoms with Gasteiger partial charge in [-0.2, -0.15) is 10.4 Å². The molecule has 2 rings (SSSR count). The van der Waals surface area contributed by atoms with Gasteiger partial charge in [0.25, 0.3) is 5.91 Å². The van der Waals surface area contributed by atoms with Crippen molar-refractivity contribution in [3.05, 3.63) is 57.9 Å². The quantitative estimate of drug-likeness (QED) is 0.599. The van der Waals surface area contributed by atoms with Gasteiger partial charge in [-0.1, -0.05) is 11.6 Å². The van der Waals surface area contributed by atoms with Gasteiger partial charge in [-0.25, -0.2) is 9.82 Å². The standard InChI is InChI=1S/C19H17ClFN3O3/c1-11(2)27-18-15(20)6-13(8-17(18)26-3)10-23-24-19(25)14-5-4-12(9-22)7-16(14)21/h4-8,10-11H,1-3H3,(H,24,25). The fourth-order valence-corrected chi connectivity index (χ4v) is 2.42. The highest BCUT2D eigenvalue weighted by molar-refractivity contribution is 6.32. The molecule has 1 amide bonds. The van der Waals surface area contributed by atoms with Gasteiger partial charge in [-0.15, -0.1) is 0 Å². The fourth-order valence-electron chi connectivity index (χ4n) is 2.16. The van der Waals surface area contributed by atoms with Crippen molar-refractivity contribution in [3.63, 3.8) is 0 Å². The number of halogens is 2. The van der Waals surface area contributed by atoms with E-state index >= 15 is 0 Å². The zero-order valence-electron chi connectivity index (χ0n) is 14.9. The molecule has 0 aromatic heterocycles. The van der Waals surface area contributed by atoms with Crippen molar-refractivity contribution in [3.8, 4) is 17.6 Å². The Morgan fingerprint density at radius 1 is 1.37 bits per heavy atom. The lowest BCUT2D eigenvalue weighted by Crippen LogP contribution is -2.19. The van der Waals surface area contributed by atoms with E-state index < -0.39 is 11.7 Å². The number of nitrogens with zero attached hydrogens (tertiary/aromatic N) is 2. The van der Waals surface area contributed by atoms with Crippen LogP contribution in [0.4, 0.5) is 4.39 Å². The van der Waals surface area contributed by atoms with E-state index in [2.05, 4.69) is 10.5 Å². The zero-order chi connectivity index (χ0) is 20.0. The SMILES string of the molecule is COc1cc(C=NNC(=O)c2ccc(C#N)cc2F)cc(Cl)c1OC(C)C. The fraction of sp³-hybridized carbons (Fsp3) is 0.211. The smallest absolute Gasteiger partial charge is 0.274 e. The van der Waals surface area contributed by atoms with Crippen LogP contribution in [-0.2, 0) is 0 Å². The molecule has 0 saturated carbocycles. The molecule has 140 valence electrons. The average Bonchev–Trinajstić information content (AvgIpc) is 2.62. The van der Waals surface area contributed by atoms with Crippen molar-refractivity contribution in [1.29, 1.82) is 5.26 Å². The number of hydrazone groups is 1. The Labute approximate surface area is 161 Å². The summed E-state index contributed by atoms with van der Waals surface area (Å²) in [4.78, 5) is 12.0. The lowest BCUT2D eigenvalue weighted by Gasteiger charge is -2.15. The van der Waals surface area contributed by atoms with Crippen molar-refractivity contribution in [2.24, 2.45) is 5.10 Å². The van der Waals surface area contributed by atoms with E-state index in [1.54, 1.807) is 18.2 Å². The van der Waals surface area contributed by atoms with Gasteiger partial charge in [0.1, 0.15) is 5.82 Å². The van der Waals surface area contributed by atoms with Crippen LogP contribution in [0.5, 0.6) is 11.5 Å². The predicted molar refractivity (Wildman–Crippen MR) is 99.9 cm³/mol. The highest BCUT2D eigenvalue weighted by Gasteiger charge is 2.14. The number of nitriles is 1. The molecule has 0 unspecified atom stereocenters. The molecule has 8 heteroatoms. The third-order valence-electron chi connectivity index (χ3n) is 3.33. The molecule has 0 aliphatic carbocycles. The van der Waals surface area contributed by atoms with Gasteiger partial charge >= 0.3 is 0 Å². The predicted octanol–water partition coefficient (Wildman–Crippen LogP) is 3.91. The molecular formula is C19H17ClFN3O3. The molecule has 2 aromatic rings. The summed E-state index contributed by atoms with van der Waals surface area (Å²) in [7, 11) is 1.48. The van der Waals surface area contributed by atoms with Crippen LogP contribution >= 0.6 is 11.6 Å². The highest BCUT2D eigenvalue weighted by atomic mass is 35.5.